The van der Waals surface area contributed by atoms with Gasteiger partial charge in [-0.25, -0.2) is 4.98 Å². The molecule has 1 unspecified atom stereocenters. The molecule has 1 fully saturated rings. The predicted octanol–water partition coefficient (Wildman–Crippen LogP) is 7.19. The van der Waals surface area contributed by atoms with Crippen molar-refractivity contribution in [2.45, 2.75) is 32.2 Å². The number of nitrogens with one attached hydrogen (secondary N) is 1. The highest BCUT2D eigenvalue weighted by Crippen LogP contribution is 2.29. The number of carbonyl (C=O) groups excluding carboxylic acids is 1. The van der Waals surface area contributed by atoms with Crippen LogP contribution in [0.5, 0.6) is 0 Å². The molecule has 1 atom stereocenters. The lowest BCUT2D eigenvalue weighted by atomic mass is 10.0. The van der Waals surface area contributed by atoms with E-state index in [2.05, 4.69) is 41.4 Å². The quantitative estimate of drug-likeness (QED) is 0.354. The second-order valence-electron chi connectivity index (χ2n) is 8.63. The van der Waals surface area contributed by atoms with Gasteiger partial charge in [-0.15, -0.1) is 0 Å². The van der Waals surface area contributed by atoms with E-state index < -0.39 is 0 Å². The molecule has 3 aromatic carbocycles. The minimum absolute atomic E-state index is 0.233. The maximum absolute atomic E-state index is 12.6. The zero-order valence-corrected chi connectivity index (χ0v) is 19.3. The molecule has 1 aliphatic rings. The number of aromatic nitrogens is 1. The Kier molecular flexibility index (Phi) is 6.01. The fourth-order valence-electron chi connectivity index (χ4n) is 4.53. The molecular formula is C28H26ClN3O. The number of hydrogen-bond acceptors (Lipinski definition) is 3. The van der Waals surface area contributed by atoms with Crippen molar-refractivity contribution >= 4 is 39.8 Å². The molecule has 1 aliphatic heterocycles. The molecule has 33 heavy (non-hydrogen) atoms. The lowest BCUT2D eigenvalue weighted by Crippen LogP contribution is -2.37. The summed E-state index contributed by atoms with van der Waals surface area (Å²) in [7, 11) is 0. The zero-order valence-electron chi connectivity index (χ0n) is 18.6. The van der Waals surface area contributed by atoms with Crippen LogP contribution in [-0.2, 0) is 0 Å². The topological polar surface area (TPSA) is 45.2 Å². The van der Waals surface area contributed by atoms with Crippen molar-refractivity contribution in [3.63, 3.8) is 0 Å². The molecule has 0 saturated carbocycles. The monoisotopic (exact) mass is 455 g/mol. The average molecular weight is 456 g/mol. The summed E-state index contributed by atoms with van der Waals surface area (Å²) in [5.41, 5.74) is 5.21. The Morgan fingerprint density at radius 2 is 1.88 bits per heavy atom. The third-order valence-corrected chi connectivity index (χ3v) is 6.67. The number of anilines is 2. The summed E-state index contributed by atoms with van der Waals surface area (Å²) in [4.78, 5) is 20.0. The van der Waals surface area contributed by atoms with Gasteiger partial charge in [-0.2, -0.15) is 0 Å². The van der Waals surface area contributed by atoms with E-state index in [0.29, 0.717) is 22.3 Å². The molecule has 0 spiro atoms. The van der Waals surface area contributed by atoms with Crippen molar-refractivity contribution in [2.75, 3.05) is 16.8 Å². The highest BCUT2D eigenvalue weighted by molar-refractivity contribution is 6.34. The lowest BCUT2D eigenvalue weighted by Gasteiger charge is -2.35. The molecule has 5 rings (SSSR count). The summed E-state index contributed by atoms with van der Waals surface area (Å²) in [6.45, 7) is 3.42. The molecule has 0 aliphatic carbocycles. The van der Waals surface area contributed by atoms with E-state index in [1.165, 1.54) is 24.9 Å². The predicted molar refractivity (Wildman–Crippen MR) is 137 cm³/mol. The van der Waals surface area contributed by atoms with Crippen LogP contribution in [0.15, 0.2) is 78.9 Å². The number of carbonyl (C=O) groups is 1. The molecule has 0 bridgehead atoms. The van der Waals surface area contributed by atoms with Gasteiger partial charge in [-0.3, -0.25) is 4.79 Å². The average Bonchev–Trinajstić information content (AvgIpc) is 2.84. The standard InChI is InChI=1S/C28H26ClN3O/c1-19-7-4-5-16-32(19)23-13-15-27-21(18-23)12-14-26(31-27)20-8-6-9-22(17-20)30-28(33)24-10-2-3-11-25(24)29/h2-3,6,8-15,17-19H,4-5,7,16H2,1H3,(H,30,33). The third kappa shape index (κ3) is 4.57. The molecular weight excluding hydrogens is 430 g/mol. The van der Waals surface area contributed by atoms with Crippen LogP contribution in [0.25, 0.3) is 22.2 Å². The molecule has 1 saturated heterocycles. The van der Waals surface area contributed by atoms with Gasteiger partial charge in [-0.05, 0) is 74.7 Å². The molecule has 1 aromatic heterocycles. The Hall–Kier alpha value is -3.37. The molecule has 166 valence electrons. The number of pyridine rings is 1. The number of amides is 1. The van der Waals surface area contributed by atoms with E-state index in [4.69, 9.17) is 16.6 Å². The van der Waals surface area contributed by atoms with Crippen molar-refractivity contribution in [3.05, 3.63) is 89.4 Å². The van der Waals surface area contributed by atoms with Crippen molar-refractivity contribution in [1.82, 2.24) is 4.98 Å². The second kappa shape index (κ2) is 9.24. The van der Waals surface area contributed by atoms with Crippen LogP contribution in [0.3, 0.4) is 0 Å². The first-order valence-corrected chi connectivity index (χ1v) is 11.8. The van der Waals surface area contributed by atoms with Gasteiger partial charge in [0.25, 0.3) is 5.91 Å². The summed E-state index contributed by atoms with van der Waals surface area (Å²) < 4.78 is 0. The molecule has 1 N–H and O–H groups in total. The number of rotatable bonds is 4. The maximum atomic E-state index is 12.6. The van der Waals surface area contributed by atoms with Gasteiger partial charge in [-0.1, -0.05) is 41.9 Å². The normalized spacial score (nSPS) is 16.1. The highest BCUT2D eigenvalue weighted by atomic mass is 35.5. The molecule has 4 nitrogen and oxygen atoms in total. The Morgan fingerprint density at radius 3 is 2.73 bits per heavy atom. The third-order valence-electron chi connectivity index (χ3n) is 6.34. The van der Waals surface area contributed by atoms with E-state index in [-0.39, 0.29) is 5.91 Å². The molecule has 5 heteroatoms. The largest absolute Gasteiger partial charge is 0.369 e. The Morgan fingerprint density at radius 1 is 1.00 bits per heavy atom. The fourth-order valence-corrected chi connectivity index (χ4v) is 4.76. The highest BCUT2D eigenvalue weighted by Gasteiger charge is 2.19. The van der Waals surface area contributed by atoms with Gasteiger partial charge in [0, 0.05) is 34.9 Å². The van der Waals surface area contributed by atoms with Gasteiger partial charge < -0.3 is 10.2 Å². The Bertz CT molecular complexity index is 1320. The summed E-state index contributed by atoms with van der Waals surface area (Å²) in [6.07, 6.45) is 3.82. The SMILES string of the molecule is CC1CCCCN1c1ccc2nc(-c3cccc(NC(=O)c4ccccc4Cl)c3)ccc2c1. The second-order valence-corrected chi connectivity index (χ2v) is 9.03. The molecule has 1 amide bonds. The lowest BCUT2D eigenvalue weighted by molar-refractivity contribution is 0.102. The first kappa shape index (κ1) is 21.5. The van der Waals surface area contributed by atoms with E-state index in [0.717, 1.165) is 28.7 Å². The first-order chi connectivity index (χ1) is 16.1. The number of fused-ring (bicyclic) bond motifs is 1. The number of nitrogens with zero attached hydrogens (tertiary/aromatic N) is 2. The number of benzene rings is 3. The van der Waals surface area contributed by atoms with Crippen LogP contribution in [0.2, 0.25) is 5.02 Å². The molecule has 2 heterocycles. The Balaban J connectivity index is 1.39. The first-order valence-electron chi connectivity index (χ1n) is 11.4. The summed E-state index contributed by atoms with van der Waals surface area (Å²) in [5.74, 6) is -0.233. The van der Waals surface area contributed by atoms with Crippen LogP contribution < -0.4 is 10.2 Å². The summed E-state index contributed by atoms with van der Waals surface area (Å²) >= 11 is 6.16. The Labute approximate surface area is 199 Å². The van der Waals surface area contributed by atoms with Crippen LogP contribution >= 0.6 is 11.6 Å². The number of piperidine rings is 1. The minimum atomic E-state index is -0.233. The summed E-state index contributed by atoms with van der Waals surface area (Å²) in [5, 5.41) is 4.51. The van der Waals surface area contributed by atoms with Gasteiger partial charge in [0.05, 0.1) is 21.8 Å². The van der Waals surface area contributed by atoms with Crippen LogP contribution in [0, 0.1) is 0 Å². The zero-order chi connectivity index (χ0) is 22.8. The van der Waals surface area contributed by atoms with Crippen molar-refractivity contribution in [3.8, 4) is 11.3 Å². The van der Waals surface area contributed by atoms with Crippen LogP contribution in [-0.4, -0.2) is 23.5 Å². The van der Waals surface area contributed by atoms with Crippen molar-refractivity contribution in [2.24, 2.45) is 0 Å². The number of hydrogen-bond donors (Lipinski definition) is 1. The van der Waals surface area contributed by atoms with Crippen LogP contribution in [0.4, 0.5) is 11.4 Å². The number of halogens is 1. The molecule has 4 aromatic rings. The van der Waals surface area contributed by atoms with Gasteiger partial charge in [0.15, 0.2) is 0 Å². The van der Waals surface area contributed by atoms with Crippen molar-refractivity contribution < 1.29 is 4.79 Å². The van der Waals surface area contributed by atoms with Gasteiger partial charge in [0.2, 0.25) is 0 Å². The molecule has 0 radical (unpaired) electrons. The van der Waals surface area contributed by atoms with E-state index >= 15 is 0 Å². The van der Waals surface area contributed by atoms with Gasteiger partial charge >= 0.3 is 0 Å². The maximum Gasteiger partial charge on any atom is 0.257 e. The van der Waals surface area contributed by atoms with E-state index in [1.807, 2.05) is 30.3 Å². The van der Waals surface area contributed by atoms with Gasteiger partial charge in [0.1, 0.15) is 0 Å². The summed E-state index contributed by atoms with van der Waals surface area (Å²) in [6, 6.07) is 26.0. The van der Waals surface area contributed by atoms with Crippen LogP contribution in [0.1, 0.15) is 36.5 Å². The minimum Gasteiger partial charge on any atom is -0.369 e. The fraction of sp³-hybridized carbons (Fsp3) is 0.214. The van der Waals surface area contributed by atoms with Crippen molar-refractivity contribution in [1.29, 1.82) is 0 Å². The van der Waals surface area contributed by atoms with E-state index in [1.54, 1.807) is 24.3 Å². The smallest absolute Gasteiger partial charge is 0.257 e. The van der Waals surface area contributed by atoms with E-state index in [9.17, 15) is 4.79 Å².